The van der Waals surface area contributed by atoms with E-state index in [4.69, 9.17) is 26.1 Å². The van der Waals surface area contributed by atoms with E-state index in [-0.39, 0.29) is 34.9 Å². The highest BCUT2D eigenvalue weighted by Crippen LogP contribution is 2.40. The number of halogens is 2. The highest BCUT2D eigenvalue weighted by Gasteiger charge is 2.45. The van der Waals surface area contributed by atoms with Gasteiger partial charge in [0, 0.05) is 48.3 Å². The first-order chi connectivity index (χ1) is 22.0. The van der Waals surface area contributed by atoms with Crippen LogP contribution in [0.1, 0.15) is 52.9 Å². The molecule has 0 saturated carbocycles. The van der Waals surface area contributed by atoms with Crippen LogP contribution >= 0.6 is 11.6 Å². The maximum Gasteiger partial charge on any atom is 0.410 e. The van der Waals surface area contributed by atoms with Crippen molar-refractivity contribution < 1.29 is 18.7 Å². The fourth-order valence-corrected chi connectivity index (χ4v) is 7.70. The Morgan fingerprint density at radius 3 is 2.59 bits per heavy atom. The van der Waals surface area contributed by atoms with Gasteiger partial charge in [-0.3, -0.25) is 9.88 Å². The lowest BCUT2D eigenvalue weighted by Crippen LogP contribution is -2.43. The zero-order valence-corrected chi connectivity index (χ0v) is 27.6. The third-order valence-corrected chi connectivity index (χ3v) is 10.0. The van der Waals surface area contributed by atoms with Crippen molar-refractivity contribution >= 4 is 45.2 Å². The number of hydrogen-bond acceptors (Lipinski definition) is 8. The summed E-state index contributed by atoms with van der Waals surface area (Å²) in [5.74, 6) is -0.0488. The van der Waals surface area contributed by atoms with E-state index in [0.29, 0.717) is 47.9 Å². The average Bonchev–Trinajstić information content (AvgIpc) is 3.76. The third-order valence-electron chi connectivity index (χ3n) is 9.73. The van der Waals surface area contributed by atoms with Gasteiger partial charge in [0.15, 0.2) is 5.82 Å². The number of anilines is 1. The topological polar surface area (TPSA) is 83.9 Å². The molecule has 0 aliphatic carbocycles. The van der Waals surface area contributed by atoms with Gasteiger partial charge in [-0.05, 0) is 77.4 Å². The molecule has 11 heteroatoms. The number of ether oxygens (including phenoxy) is 2. The molecule has 5 heterocycles. The second-order valence-corrected chi connectivity index (χ2v) is 14.3. The molecule has 2 aromatic carbocycles. The summed E-state index contributed by atoms with van der Waals surface area (Å²) in [5.41, 5.74) is 0.284. The van der Waals surface area contributed by atoms with Gasteiger partial charge in [0.2, 0.25) is 0 Å². The standard InChI is InChI=1S/C35H40ClFN6O3/c1-34(2,3)46-33(44)42-18-13-23(20-42)41(4)31-25-19-38-29(24-11-5-9-22-10-6-12-26(36)27(22)24)28(37)30(25)39-32(40-31)45-21-35-14-7-16-43(35)17-8-15-35/h5-6,9-12,19,23H,7-8,13-18,20-21H2,1-4H3/t23-/m1/s1. The summed E-state index contributed by atoms with van der Waals surface area (Å²) >= 11 is 6.62. The Balaban J connectivity index is 1.28. The van der Waals surface area contributed by atoms with Crippen molar-refractivity contribution in [2.75, 3.05) is 44.7 Å². The summed E-state index contributed by atoms with van der Waals surface area (Å²) in [4.78, 5) is 33.2. The SMILES string of the molecule is CN(c1nc(OCC23CCCN2CCC3)nc2c(F)c(-c3cccc4cccc(Cl)c34)ncc12)[C@@H]1CCN(C(=O)OC(C)(C)C)C1. The first-order valence-corrected chi connectivity index (χ1v) is 16.5. The number of amides is 1. The molecule has 0 bridgehead atoms. The van der Waals surface area contributed by atoms with E-state index in [1.807, 2.05) is 63.1 Å². The van der Waals surface area contributed by atoms with E-state index in [1.54, 1.807) is 17.2 Å². The van der Waals surface area contributed by atoms with Crippen LogP contribution in [-0.2, 0) is 4.74 Å². The molecule has 1 atom stereocenters. The van der Waals surface area contributed by atoms with Crippen LogP contribution in [-0.4, -0.2) is 87.9 Å². The molecule has 242 valence electrons. The minimum Gasteiger partial charge on any atom is -0.461 e. The number of benzene rings is 2. The van der Waals surface area contributed by atoms with Crippen molar-refractivity contribution in [1.29, 1.82) is 0 Å². The van der Waals surface area contributed by atoms with Crippen LogP contribution in [0.3, 0.4) is 0 Å². The summed E-state index contributed by atoms with van der Waals surface area (Å²) in [6.07, 6.45) is 6.42. The molecule has 1 amide bonds. The Labute approximate surface area is 273 Å². The van der Waals surface area contributed by atoms with E-state index in [0.717, 1.165) is 49.5 Å². The quantitative estimate of drug-likeness (QED) is 0.220. The fourth-order valence-electron chi connectivity index (χ4n) is 7.42. The molecule has 3 saturated heterocycles. The van der Waals surface area contributed by atoms with E-state index < -0.39 is 11.4 Å². The number of carbonyl (C=O) groups is 1. The fraction of sp³-hybridized carbons (Fsp3) is 0.486. The van der Waals surface area contributed by atoms with E-state index in [1.165, 1.54) is 0 Å². The van der Waals surface area contributed by atoms with Gasteiger partial charge in [0.05, 0.1) is 10.9 Å². The van der Waals surface area contributed by atoms with Gasteiger partial charge >= 0.3 is 12.1 Å². The Morgan fingerprint density at radius 1 is 1.11 bits per heavy atom. The van der Waals surface area contributed by atoms with Crippen molar-refractivity contribution in [1.82, 2.24) is 24.8 Å². The molecule has 3 aliphatic rings. The zero-order chi connectivity index (χ0) is 32.2. The Morgan fingerprint density at radius 2 is 1.85 bits per heavy atom. The van der Waals surface area contributed by atoms with Crippen molar-refractivity contribution in [3.05, 3.63) is 53.4 Å². The summed E-state index contributed by atoms with van der Waals surface area (Å²) in [7, 11) is 1.92. The molecule has 4 aromatic rings. The van der Waals surface area contributed by atoms with Crippen LogP contribution in [0.15, 0.2) is 42.6 Å². The van der Waals surface area contributed by atoms with Crippen molar-refractivity contribution in [2.24, 2.45) is 0 Å². The molecule has 46 heavy (non-hydrogen) atoms. The number of pyridine rings is 1. The normalized spacial score (nSPS) is 19.6. The summed E-state index contributed by atoms with van der Waals surface area (Å²) in [6.45, 7) is 9.17. The predicted molar refractivity (Wildman–Crippen MR) is 178 cm³/mol. The highest BCUT2D eigenvalue weighted by atomic mass is 35.5. The smallest absolute Gasteiger partial charge is 0.410 e. The third kappa shape index (κ3) is 5.59. The second-order valence-electron chi connectivity index (χ2n) is 13.8. The second kappa shape index (κ2) is 11.8. The van der Waals surface area contributed by atoms with Crippen LogP contribution in [0.2, 0.25) is 5.02 Å². The van der Waals surface area contributed by atoms with Crippen LogP contribution in [0.25, 0.3) is 32.9 Å². The average molecular weight is 647 g/mol. The van der Waals surface area contributed by atoms with Gasteiger partial charge in [0.1, 0.15) is 29.2 Å². The van der Waals surface area contributed by atoms with E-state index in [9.17, 15) is 4.79 Å². The number of hydrogen-bond donors (Lipinski definition) is 0. The number of nitrogens with zero attached hydrogens (tertiary/aromatic N) is 6. The molecular formula is C35H40ClFN6O3. The lowest BCUT2D eigenvalue weighted by atomic mass is 9.95. The van der Waals surface area contributed by atoms with Crippen LogP contribution in [0, 0.1) is 5.82 Å². The van der Waals surface area contributed by atoms with E-state index in [2.05, 4.69) is 14.9 Å². The van der Waals surface area contributed by atoms with Gasteiger partial charge in [-0.15, -0.1) is 0 Å². The highest BCUT2D eigenvalue weighted by molar-refractivity contribution is 6.36. The molecule has 2 aromatic heterocycles. The number of fused-ring (bicyclic) bond motifs is 3. The largest absolute Gasteiger partial charge is 0.461 e. The van der Waals surface area contributed by atoms with Gasteiger partial charge in [0.25, 0.3) is 0 Å². The monoisotopic (exact) mass is 646 g/mol. The Kier molecular flexibility index (Phi) is 7.92. The lowest BCUT2D eigenvalue weighted by molar-refractivity contribution is 0.0292. The van der Waals surface area contributed by atoms with Gasteiger partial charge in [-0.1, -0.05) is 41.9 Å². The number of aromatic nitrogens is 3. The van der Waals surface area contributed by atoms with Gasteiger partial charge in [-0.25, -0.2) is 9.18 Å². The van der Waals surface area contributed by atoms with Crippen molar-refractivity contribution in [3.63, 3.8) is 0 Å². The molecule has 3 fully saturated rings. The zero-order valence-electron chi connectivity index (χ0n) is 26.9. The van der Waals surface area contributed by atoms with E-state index >= 15 is 4.39 Å². The summed E-state index contributed by atoms with van der Waals surface area (Å²) in [5, 5.41) is 2.62. The maximum absolute atomic E-state index is 16.7. The summed E-state index contributed by atoms with van der Waals surface area (Å²) in [6, 6.07) is 11.3. The molecule has 9 nitrogen and oxygen atoms in total. The summed E-state index contributed by atoms with van der Waals surface area (Å²) < 4.78 is 28.7. The molecule has 0 radical (unpaired) electrons. The Bertz CT molecular complexity index is 1800. The van der Waals surface area contributed by atoms with Crippen LogP contribution in [0.5, 0.6) is 6.01 Å². The number of likely N-dealkylation sites (tertiary alicyclic amines) is 1. The predicted octanol–water partition coefficient (Wildman–Crippen LogP) is 7.09. The van der Waals surface area contributed by atoms with Gasteiger partial charge < -0.3 is 19.3 Å². The van der Waals surface area contributed by atoms with Crippen LogP contribution in [0.4, 0.5) is 15.0 Å². The molecule has 0 spiro atoms. The number of carbonyl (C=O) groups excluding carboxylic acids is 1. The minimum absolute atomic E-state index is 0.0224. The molecule has 0 N–H and O–H groups in total. The molecular weight excluding hydrogens is 607 g/mol. The number of rotatable bonds is 6. The van der Waals surface area contributed by atoms with Gasteiger partial charge in [-0.2, -0.15) is 9.97 Å². The van der Waals surface area contributed by atoms with Crippen molar-refractivity contribution in [2.45, 2.75) is 70.1 Å². The molecule has 3 aliphatic heterocycles. The van der Waals surface area contributed by atoms with Crippen LogP contribution < -0.4 is 9.64 Å². The molecule has 0 unspecified atom stereocenters. The number of likely N-dealkylation sites (N-methyl/N-ethyl adjacent to an activating group) is 1. The minimum atomic E-state index is -0.584. The van der Waals surface area contributed by atoms with Crippen molar-refractivity contribution in [3.8, 4) is 17.3 Å². The first-order valence-electron chi connectivity index (χ1n) is 16.2. The molecule has 7 rings (SSSR count). The lowest BCUT2D eigenvalue weighted by Gasteiger charge is -2.31. The Hall–Kier alpha value is -3.76. The first kappa shape index (κ1) is 30.9. The maximum atomic E-state index is 16.7.